The number of carbonyl (C=O) groups is 2. The number of nitrogens with one attached hydrogen (secondary N) is 1. The standard InChI is InChI=1S/C31H29FN2O5S/c32-26-14-12-25(13-15-26)31(16-18-34(19-17-31)40(38,39)27-8-2-1-3-9-27)30(37)33-28(29(35)36)21-22-10-11-23-6-4-5-7-24(23)20-22/h1-15,20,28H,16-19,21H2,(H,33,37)(H,35,36)/t28-/m0/s1. The van der Waals surface area contributed by atoms with Crippen molar-refractivity contribution in [2.75, 3.05) is 13.1 Å². The highest BCUT2D eigenvalue weighted by molar-refractivity contribution is 7.89. The predicted molar refractivity (Wildman–Crippen MR) is 150 cm³/mol. The van der Waals surface area contributed by atoms with E-state index in [2.05, 4.69) is 5.32 Å². The number of hydrogen-bond acceptors (Lipinski definition) is 4. The van der Waals surface area contributed by atoms with Crippen molar-refractivity contribution >= 4 is 32.7 Å². The van der Waals surface area contributed by atoms with Gasteiger partial charge in [-0.2, -0.15) is 4.31 Å². The van der Waals surface area contributed by atoms with Crippen LogP contribution in [0, 0.1) is 5.82 Å². The number of hydrogen-bond donors (Lipinski definition) is 2. The van der Waals surface area contributed by atoms with Crippen LogP contribution in [0.3, 0.4) is 0 Å². The third-order valence-electron chi connectivity index (χ3n) is 7.65. The van der Waals surface area contributed by atoms with Crippen molar-refractivity contribution in [2.24, 2.45) is 0 Å². The third-order valence-corrected chi connectivity index (χ3v) is 9.56. The molecule has 4 aromatic carbocycles. The van der Waals surface area contributed by atoms with E-state index in [1.54, 1.807) is 18.2 Å². The number of carbonyl (C=O) groups excluding carboxylic acids is 1. The Hall–Kier alpha value is -4.08. The molecule has 1 fully saturated rings. The molecule has 9 heteroatoms. The Kier molecular flexibility index (Phi) is 7.69. The summed E-state index contributed by atoms with van der Waals surface area (Å²) in [5.74, 6) is -2.17. The second-order valence-electron chi connectivity index (χ2n) is 10.1. The molecule has 0 saturated carbocycles. The van der Waals surface area contributed by atoms with Gasteiger partial charge in [-0.1, -0.05) is 72.8 Å². The van der Waals surface area contributed by atoms with E-state index in [9.17, 15) is 27.5 Å². The fraction of sp³-hybridized carbons (Fsp3) is 0.226. The van der Waals surface area contributed by atoms with Gasteiger partial charge >= 0.3 is 5.97 Å². The average Bonchev–Trinajstić information content (AvgIpc) is 2.97. The minimum Gasteiger partial charge on any atom is -0.480 e. The number of rotatable bonds is 8. The molecule has 1 atom stereocenters. The number of halogens is 1. The lowest BCUT2D eigenvalue weighted by Crippen LogP contribution is -2.56. The lowest BCUT2D eigenvalue weighted by molar-refractivity contribution is -0.143. The van der Waals surface area contributed by atoms with Gasteiger partial charge in [0.15, 0.2) is 0 Å². The molecule has 1 heterocycles. The maximum atomic E-state index is 13.9. The van der Waals surface area contributed by atoms with Gasteiger partial charge in [0.25, 0.3) is 0 Å². The Morgan fingerprint density at radius 1 is 0.875 bits per heavy atom. The Balaban J connectivity index is 1.40. The van der Waals surface area contributed by atoms with Crippen LogP contribution in [0.1, 0.15) is 24.0 Å². The van der Waals surface area contributed by atoms with Crippen molar-refractivity contribution in [2.45, 2.75) is 35.6 Å². The third kappa shape index (κ3) is 5.48. The van der Waals surface area contributed by atoms with Crippen LogP contribution in [0.15, 0.2) is 102 Å². The normalized spacial score (nSPS) is 16.3. The number of carboxylic acid groups (broad SMARTS) is 1. The highest BCUT2D eigenvalue weighted by atomic mass is 32.2. The van der Waals surface area contributed by atoms with E-state index in [0.29, 0.717) is 5.56 Å². The van der Waals surface area contributed by atoms with Gasteiger partial charge in [-0.05, 0) is 59.0 Å². The monoisotopic (exact) mass is 560 g/mol. The van der Waals surface area contributed by atoms with Crippen LogP contribution in [-0.4, -0.2) is 48.8 Å². The lowest BCUT2D eigenvalue weighted by atomic mass is 9.72. The van der Waals surface area contributed by atoms with E-state index < -0.39 is 39.2 Å². The van der Waals surface area contributed by atoms with E-state index in [-0.39, 0.29) is 37.2 Å². The molecular formula is C31H29FN2O5S. The molecule has 1 amide bonds. The Morgan fingerprint density at radius 3 is 2.15 bits per heavy atom. The first-order valence-corrected chi connectivity index (χ1v) is 14.5. The van der Waals surface area contributed by atoms with Crippen LogP contribution in [0.4, 0.5) is 4.39 Å². The van der Waals surface area contributed by atoms with Crippen LogP contribution < -0.4 is 5.32 Å². The zero-order valence-electron chi connectivity index (χ0n) is 21.7. The zero-order valence-corrected chi connectivity index (χ0v) is 22.5. The summed E-state index contributed by atoms with van der Waals surface area (Å²) in [5, 5.41) is 14.7. The number of nitrogens with zero attached hydrogens (tertiary/aromatic N) is 1. The van der Waals surface area contributed by atoms with Gasteiger partial charge in [0, 0.05) is 19.5 Å². The molecule has 1 saturated heterocycles. The molecule has 1 aliphatic heterocycles. The highest BCUT2D eigenvalue weighted by Crippen LogP contribution is 2.38. The van der Waals surface area contributed by atoms with Crippen molar-refractivity contribution in [1.82, 2.24) is 9.62 Å². The number of amides is 1. The molecule has 5 rings (SSSR count). The van der Waals surface area contributed by atoms with Gasteiger partial charge in [-0.25, -0.2) is 17.6 Å². The van der Waals surface area contributed by atoms with Crippen LogP contribution in [-0.2, 0) is 31.4 Å². The molecule has 0 radical (unpaired) electrons. The summed E-state index contributed by atoms with van der Waals surface area (Å²) in [5.41, 5.74) is 0.0389. The zero-order chi connectivity index (χ0) is 28.3. The highest BCUT2D eigenvalue weighted by Gasteiger charge is 2.46. The minimum atomic E-state index is -3.77. The van der Waals surface area contributed by atoms with Crippen molar-refractivity contribution < 1.29 is 27.5 Å². The fourth-order valence-electron chi connectivity index (χ4n) is 5.36. The van der Waals surface area contributed by atoms with Crippen molar-refractivity contribution in [3.63, 3.8) is 0 Å². The molecule has 2 N–H and O–H groups in total. The fourth-order valence-corrected chi connectivity index (χ4v) is 6.83. The number of carboxylic acids is 1. The molecular weight excluding hydrogens is 531 g/mol. The van der Waals surface area contributed by atoms with E-state index in [0.717, 1.165) is 16.3 Å². The number of sulfonamides is 1. The molecule has 1 aliphatic rings. The molecule has 0 aliphatic carbocycles. The van der Waals surface area contributed by atoms with Gasteiger partial charge in [-0.15, -0.1) is 0 Å². The SMILES string of the molecule is O=C(O)[C@H](Cc1ccc2ccccc2c1)NC(=O)C1(c2ccc(F)cc2)CCN(S(=O)(=O)c2ccccc2)CC1. The molecule has 4 aromatic rings. The smallest absolute Gasteiger partial charge is 0.326 e. The number of aliphatic carboxylic acids is 1. The largest absolute Gasteiger partial charge is 0.480 e. The van der Waals surface area contributed by atoms with Crippen molar-refractivity contribution in [3.05, 3.63) is 114 Å². The summed E-state index contributed by atoms with van der Waals surface area (Å²) in [6.07, 6.45) is 0.289. The Bertz CT molecular complexity index is 1630. The first-order chi connectivity index (χ1) is 19.2. The van der Waals surface area contributed by atoms with E-state index in [1.165, 1.54) is 40.7 Å². The quantitative estimate of drug-likeness (QED) is 0.330. The second-order valence-corrected chi connectivity index (χ2v) is 12.0. The van der Waals surface area contributed by atoms with E-state index in [4.69, 9.17) is 0 Å². The number of benzene rings is 4. The predicted octanol–water partition coefficient (Wildman–Crippen LogP) is 4.51. The van der Waals surface area contributed by atoms with Crippen LogP contribution in [0.5, 0.6) is 0 Å². The van der Waals surface area contributed by atoms with Crippen molar-refractivity contribution in [1.29, 1.82) is 0 Å². The first-order valence-electron chi connectivity index (χ1n) is 13.0. The number of fused-ring (bicyclic) bond motifs is 1. The van der Waals surface area contributed by atoms with Crippen LogP contribution in [0.2, 0.25) is 0 Å². The summed E-state index contributed by atoms with van der Waals surface area (Å²) in [6.45, 7) is 0.0921. The summed E-state index contributed by atoms with van der Waals surface area (Å²) in [7, 11) is -3.77. The molecule has 0 unspecified atom stereocenters. The lowest BCUT2D eigenvalue weighted by Gasteiger charge is -2.41. The van der Waals surface area contributed by atoms with Gasteiger partial charge in [0.2, 0.25) is 15.9 Å². The molecule has 0 spiro atoms. The summed E-state index contributed by atoms with van der Waals surface area (Å²) in [4.78, 5) is 26.3. The Labute approximate surface area is 232 Å². The Morgan fingerprint density at radius 2 is 1.50 bits per heavy atom. The summed E-state index contributed by atoms with van der Waals surface area (Å²) < 4.78 is 41.5. The second kappa shape index (κ2) is 11.2. The van der Waals surface area contributed by atoms with Crippen LogP contribution >= 0.6 is 0 Å². The summed E-state index contributed by atoms with van der Waals surface area (Å²) in [6, 6.07) is 25.8. The maximum Gasteiger partial charge on any atom is 0.326 e. The average molecular weight is 561 g/mol. The van der Waals surface area contributed by atoms with Gasteiger partial charge in [0.05, 0.1) is 10.3 Å². The molecule has 0 bridgehead atoms. The maximum absolute atomic E-state index is 13.9. The van der Waals surface area contributed by atoms with Crippen LogP contribution in [0.25, 0.3) is 10.8 Å². The van der Waals surface area contributed by atoms with Gasteiger partial charge in [-0.3, -0.25) is 4.79 Å². The van der Waals surface area contributed by atoms with E-state index in [1.807, 2.05) is 42.5 Å². The topological polar surface area (TPSA) is 104 Å². The first kappa shape index (κ1) is 27.5. The summed E-state index contributed by atoms with van der Waals surface area (Å²) >= 11 is 0. The van der Waals surface area contributed by atoms with Gasteiger partial charge in [0.1, 0.15) is 11.9 Å². The molecule has 40 heavy (non-hydrogen) atoms. The molecule has 206 valence electrons. The molecule has 0 aromatic heterocycles. The number of piperidine rings is 1. The van der Waals surface area contributed by atoms with Crippen molar-refractivity contribution in [3.8, 4) is 0 Å². The minimum absolute atomic E-state index is 0.0461. The van der Waals surface area contributed by atoms with E-state index >= 15 is 0 Å². The van der Waals surface area contributed by atoms with Gasteiger partial charge < -0.3 is 10.4 Å². The molecule has 7 nitrogen and oxygen atoms in total.